The van der Waals surface area contributed by atoms with Gasteiger partial charge in [0, 0.05) is 25.2 Å². The van der Waals surface area contributed by atoms with E-state index in [1.54, 1.807) is 38.1 Å². The van der Waals surface area contributed by atoms with E-state index in [2.05, 4.69) is 30.6 Å². The molecule has 0 aliphatic heterocycles. The Morgan fingerprint density at radius 1 is 1.12 bits per heavy atom. The van der Waals surface area contributed by atoms with Crippen LogP contribution in [0.15, 0.2) is 18.2 Å². The van der Waals surface area contributed by atoms with Gasteiger partial charge in [0.2, 0.25) is 17.7 Å². The van der Waals surface area contributed by atoms with Gasteiger partial charge in [-0.1, -0.05) is 0 Å². The maximum atomic E-state index is 12.6. The summed E-state index contributed by atoms with van der Waals surface area (Å²) in [7, 11) is 6.56. The maximum Gasteiger partial charge on any atom is 0.249 e. The molecule has 0 saturated carbocycles. The SMILES string of the molecule is COc1ccc(-c2nc(NC(=O)CCc3c(C)nc4c(c(OC)nn4C)c3C)n[nH]2)c(OC)c1. The summed E-state index contributed by atoms with van der Waals surface area (Å²) in [4.78, 5) is 21.7. The van der Waals surface area contributed by atoms with E-state index in [4.69, 9.17) is 14.2 Å². The van der Waals surface area contributed by atoms with Crippen LogP contribution in [0.25, 0.3) is 22.4 Å². The van der Waals surface area contributed by atoms with E-state index >= 15 is 0 Å². The van der Waals surface area contributed by atoms with Crippen LogP contribution in [0.5, 0.6) is 17.4 Å². The summed E-state index contributed by atoms with van der Waals surface area (Å²) in [5, 5.41) is 14.9. The topological polar surface area (TPSA) is 129 Å². The van der Waals surface area contributed by atoms with Gasteiger partial charge in [-0.05, 0) is 43.5 Å². The summed E-state index contributed by atoms with van der Waals surface area (Å²) in [5.74, 6) is 2.22. The number of nitrogens with zero attached hydrogens (tertiary/aromatic N) is 5. The molecule has 1 amide bonds. The smallest absolute Gasteiger partial charge is 0.249 e. The van der Waals surface area contributed by atoms with Crippen LogP contribution in [0.3, 0.4) is 0 Å². The standard InChI is InChI=1S/C23H27N7O4/c1-12-15(13(2)24-21-19(12)22(34-6)29-30(21)3)9-10-18(31)25-23-26-20(27-28-23)16-8-7-14(32-4)11-17(16)33-5/h7-8,11H,9-10H2,1-6H3,(H2,25,26,27,28,31). The quantitative estimate of drug-likeness (QED) is 0.406. The first-order chi connectivity index (χ1) is 16.4. The second-order valence-electron chi connectivity index (χ2n) is 7.75. The van der Waals surface area contributed by atoms with E-state index in [0.29, 0.717) is 35.2 Å². The Hall–Kier alpha value is -4.15. The number of hydrogen-bond acceptors (Lipinski definition) is 8. The zero-order valence-corrected chi connectivity index (χ0v) is 20.0. The lowest BCUT2D eigenvalue weighted by Gasteiger charge is -2.11. The molecule has 4 aromatic rings. The molecule has 3 aromatic heterocycles. The van der Waals surface area contributed by atoms with Crippen molar-refractivity contribution in [3.63, 3.8) is 0 Å². The van der Waals surface area contributed by atoms with Gasteiger partial charge in [0.05, 0.1) is 32.3 Å². The fraction of sp³-hybridized carbons (Fsp3) is 0.348. The number of hydrogen-bond donors (Lipinski definition) is 2. The zero-order valence-electron chi connectivity index (χ0n) is 20.0. The summed E-state index contributed by atoms with van der Waals surface area (Å²) >= 11 is 0. The van der Waals surface area contributed by atoms with Crippen molar-refractivity contribution in [1.82, 2.24) is 29.9 Å². The van der Waals surface area contributed by atoms with Crippen LogP contribution in [0.2, 0.25) is 0 Å². The third kappa shape index (κ3) is 4.24. The first kappa shape index (κ1) is 23.0. The van der Waals surface area contributed by atoms with Crippen LogP contribution in [0, 0.1) is 13.8 Å². The number of carbonyl (C=O) groups is 1. The van der Waals surface area contributed by atoms with E-state index < -0.39 is 0 Å². The van der Waals surface area contributed by atoms with Crippen LogP contribution >= 0.6 is 0 Å². The lowest BCUT2D eigenvalue weighted by Crippen LogP contribution is -2.14. The number of ether oxygens (including phenoxy) is 3. The molecule has 0 bridgehead atoms. The van der Waals surface area contributed by atoms with Crippen molar-refractivity contribution in [2.45, 2.75) is 26.7 Å². The van der Waals surface area contributed by atoms with Crippen LogP contribution in [0.4, 0.5) is 5.95 Å². The number of aromatic nitrogens is 6. The third-order valence-corrected chi connectivity index (χ3v) is 5.72. The second-order valence-corrected chi connectivity index (χ2v) is 7.75. The Morgan fingerprint density at radius 2 is 1.91 bits per heavy atom. The number of anilines is 1. The van der Waals surface area contributed by atoms with Crippen molar-refractivity contribution in [2.24, 2.45) is 7.05 Å². The first-order valence-corrected chi connectivity index (χ1v) is 10.7. The van der Waals surface area contributed by atoms with Gasteiger partial charge >= 0.3 is 0 Å². The molecule has 0 fully saturated rings. The summed E-state index contributed by atoms with van der Waals surface area (Å²) in [5.41, 5.74) is 4.31. The molecule has 3 heterocycles. The summed E-state index contributed by atoms with van der Waals surface area (Å²) in [6.07, 6.45) is 0.751. The molecule has 178 valence electrons. The van der Waals surface area contributed by atoms with Crippen LogP contribution in [-0.2, 0) is 18.3 Å². The van der Waals surface area contributed by atoms with E-state index in [9.17, 15) is 4.79 Å². The van der Waals surface area contributed by atoms with E-state index in [0.717, 1.165) is 27.9 Å². The fourth-order valence-corrected chi connectivity index (χ4v) is 3.97. The first-order valence-electron chi connectivity index (χ1n) is 10.7. The molecule has 0 saturated heterocycles. The number of amides is 1. The minimum absolute atomic E-state index is 0.189. The Balaban J connectivity index is 1.48. The number of nitrogens with one attached hydrogen (secondary N) is 2. The molecule has 2 N–H and O–H groups in total. The zero-order chi connectivity index (χ0) is 24.4. The number of pyridine rings is 1. The average molecular weight is 466 g/mol. The van der Waals surface area contributed by atoms with Gasteiger partial charge < -0.3 is 14.2 Å². The minimum Gasteiger partial charge on any atom is -0.497 e. The molecule has 0 atom stereocenters. The van der Waals surface area contributed by atoms with E-state index in [-0.39, 0.29) is 18.3 Å². The summed E-state index contributed by atoms with van der Waals surface area (Å²) < 4.78 is 17.7. The van der Waals surface area contributed by atoms with Crippen LogP contribution < -0.4 is 19.5 Å². The summed E-state index contributed by atoms with van der Waals surface area (Å²) in [6.45, 7) is 3.93. The van der Waals surface area contributed by atoms with Crippen molar-refractivity contribution in [3.8, 4) is 28.8 Å². The third-order valence-electron chi connectivity index (χ3n) is 5.72. The summed E-state index contributed by atoms with van der Waals surface area (Å²) in [6, 6.07) is 5.36. The maximum absolute atomic E-state index is 12.6. The monoisotopic (exact) mass is 465 g/mol. The minimum atomic E-state index is -0.204. The van der Waals surface area contributed by atoms with Crippen molar-refractivity contribution in [3.05, 3.63) is 35.0 Å². The van der Waals surface area contributed by atoms with E-state index in [1.807, 2.05) is 27.0 Å². The van der Waals surface area contributed by atoms with Crippen molar-refractivity contribution < 1.29 is 19.0 Å². The number of H-pyrrole nitrogens is 1. The normalized spacial score (nSPS) is 11.0. The molecule has 0 spiro atoms. The highest BCUT2D eigenvalue weighted by Gasteiger charge is 2.19. The molecule has 11 heteroatoms. The Bertz CT molecular complexity index is 1360. The molecule has 0 aliphatic carbocycles. The van der Waals surface area contributed by atoms with Gasteiger partial charge in [0.15, 0.2) is 11.5 Å². The van der Waals surface area contributed by atoms with Crippen molar-refractivity contribution >= 4 is 22.9 Å². The van der Waals surface area contributed by atoms with Gasteiger partial charge in [-0.2, -0.15) is 4.98 Å². The molecular formula is C23H27N7O4. The number of benzene rings is 1. The highest BCUT2D eigenvalue weighted by Crippen LogP contribution is 2.32. The Kier molecular flexibility index (Phi) is 6.35. The van der Waals surface area contributed by atoms with E-state index in [1.165, 1.54) is 0 Å². The second kappa shape index (κ2) is 9.38. The number of rotatable bonds is 8. The average Bonchev–Trinajstić information content (AvgIpc) is 3.42. The van der Waals surface area contributed by atoms with Crippen LogP contribution in [-0.4, -0.2) is 57.2 Å². The lowest BCUT2D eigenvalue weighted by molar-refractivity contribution is -0.116. The van der Waals surface area contributed by atoms with Crippen molar-refractivity contribution in [2.75, 3.05) is 26.6 Å². The number of aromatic amines is 1. The van der Waals surface area contributed by atoms with Crippen molar-refractivity contribution in [1.29, 1.82) is 0 Å². The highest BCUT2D eigenvalue weighted by molar-refractivity contribution is 5.90. The number of carbonyl (C=O) groups excluding carboxylic acids is 1. The van der Waals surface area contributed by atoms with Gasteiger partial charge in [-0.25, -0.2) is 9.67 Å². The van der Waals surface area contributed by atoms with Gasteiger partial charge in [0.25, 0.3) is 0 Å². The predicted octanol–water partition coefficient (Wildman–Crippen LogP) is 2.97. The van der Waals surface area contributed by atoms with Gasteiger partial charge in [-0.15, -0.1) is 10.2 Å². The Labute approximate surface area is 196 Å². The molecule has 4 rings (SSSR count). The van der Waals surface area contributed by atoms with Crippen LogP contribution in [0.1, 0.15) is 23.2 Å². The van der Waals surface area contributed by atoms with Gasteiger partial charge in [0.1, 0.15) is 11.5 Å². The molecule has 0 radical (unpaired) electrons. The predicted molar refractivity (Wildman–Crippen MR) is 126 cm³/mol. The lowest BCUT2D eigenvalue weighted by atomic mass is 10.00. The molecule has 34 heavy (non-hydrogen) atoms. The molecular weight excluding hydrogens is 438 g/mol. The molecule has 1 aromatic carbocycles. The van der Waals surface area contributed by atoms with Gasteiger partial charge in [-0.3, -0.25) is 15.2 Å². The number of fused-ring (bicyclic) bond motifs is 1. The highest BCUT2D eigenvalue weighted by atomic mass is 16.5. The molecule has 0 aliphatic rings. The largest absolute Gasteiger partial charge is 0.497 e. The Morgan fingerprint density at radius 3 is 2.62 bits per heavy atom. The number of methoxy groups -OCH3 is 3. The molecule has 0 unspecified atom stereocenters. The number of aryl methyl sites for hydroxylation is 3. The fourth-order valence-electron chi connectivity index (χ4n) is 3.97. The molecule has 11 nitrogen and oxygen atoms in total.